The van der Waals surface area contributed by atoms with E-state index in [1.165, 1.54) is 11.8 Å². The molecule has 0 unspecified atom stereocenters. The number of halogens is 2. The van der Waals surface area contributed by atoms with Gasteiger partial charge in [-0.05, 0) is 24.5 Å². The van der Waals surface area contributed by atoms with Crippen molar-refractivity contribution in [1.29, 1.82) is 5.26 Å². The second-order valence-corrected chi connectivity index (χ2v) is 5.06. The lowest BCUT2D eigenvalue weighted by Gasteiger charge is -2.09. The maximum absolute atomic E-state index is 8.87. The molecule has 1 N–H and O–H groups in total. The highest BCUT2D eigenvalue weighted by atomic mass is 35.5. The highest BCUT2D eigenvalue weighted by Crippen LogP contribution is 2.27. The summed E-state index contributed by atoms with van der Waals surface area (Å²) in [5.74, 6) is 0.529. The molecule has 0 aliphatic heterocycles. The SMILES string of the molecule is CSc1nc(Cl)cc(Nc2cc(C#N)ccc2Cl)n1. The number of nitriles is 1. The summed E-state index contributed by atoms with van der Waals surface area (Å²) >= 11 is 13.4. The highest BCUT2D eigenvalue weighted by molar-refractivity contribution is 7.98. The summed E-state index contributed by atoms with van der Waals surface area (Å²) in [6.45, 7) is 0. The first-order chi connectivity index (χ1) is 9.12. The van der Waals surface area contributed by atoms with Crippen molar-refractivity contribution < 1.29 is 0 Å². The Labute approximate surface area is 124 Å². The Hall–Kier alpha value is -1.48. The zero-order valence-corrected chi connectivity index (χ0v) is 12.1. The Bertz CT molecular complexity index is 655. The van der Waals surface area contributed by atoms with Gasteiger partial charge in [0.25, 0.3) is 0 Å². The van der Waals surface area contributed by atoms with Crippen LogP contribution in [0.4, 0.5) is 11.5 Å². The van der Waals surface area contributed by atoms with Crippen molar-refractivity contribution in [2.45, 2.75) is 5.16 Å². The van der Waals surface area contributed by atoms with Crippen LogP contribution in [0, 0.1) is 11.3 Å². The van der Waals surface area contributed by atoms with Crippen LogP contribution in [0.5, 0.6) is 0 Å². The van der Waals surface area contributed by atoms with Gasteiger partial charge in [0.1, 0.15) is 11.0 Å². The molecule has 0 amide bonds. The van der Waals surface area contributed by atoms with Gasteiger partial charge in [0.05, 0.1) is 22.3 Å². The largest absolute Gasteiger partial charge is 0.339 e. The normalized spacial score (nSPS) is 10.0. The number of anilines is 2. The van der Waals surface area contributed by atoms with Gasteiger partial charge in [-0.2, -0.15) is 5.26 Å². The van der Waals surface area contributed by atoms with Crippen LogP contribution < -0.4 is 5.32 Å². The first-order valence-electron chi connectivity index (χ1n) is 5.17. The summed E-state index contributed by atoms with van der Waals surface area (Å²) in [7, 11) is 0. The van der Waals surface area contributed by atoms with Gasteiger partial charge in [0.15, 0.2) is 5.16 Å². The van der Waals surface area contributed by atoms with Crippen molar-refractivity contribution in [3.05, 3.63) is 40.0 Å². The number of nitrogens with one attached hydrogen (secondary N) is 1. The van der Waals surface area contributed by atoms with E-state index in [0.717, 1.165) is 0 Å². The van der Waals surface area contributed by atoms with Gasteiger partial charge in [-0.25, -0.2) is 9.97 Å². The molecule has 0 saturated carbocycles. The van der Waals surface area contributed by atoms with Gasteiger partial charge in [-0.3, -0.25) is 0 Å². The standard InChI is InChI=1S/C12H8Cl2N4S/c1-19-12-17-10(14)5-11(18-12)16-9-4-7(6-15)2-3-8(9)13/h2-5H,1H3,(H,16,17,18). The van der Waals surface area contributed by atoms with E-state index in [4.69, 9.17) is 28.5 Å². The van der Waals surface area contributed by atoms with Crippen molar-refractivity contribution in [3.63, 3.8) is 0 Å². The lowest BCUT2D eigenvalue weighted by Crippen LogP contribution is -1.97. The zero-order valence-electron chi connectivity index (χ0n) is 9.82. The summed E-state index contributed by atoms with van der Waals surface area (Å²) in [4.78, 5) is 8.30. The maximum Gasteiger partial charge on any atom is 0.190 e. The van der Waals surface area contributed by atoms with E-state index < -0.39 is 0 Å². The molecule has 0 atom stereocenters. The number of aromatic nitrogens is 2. The number of hydrogen-bond acceptors (Lipinski definition) is 5. The third-order valence-electron chi connectivity index (χ3n) is 2.22. The Morgan fingerprint density at radius 1 is 1.26 bits per heavy atom. The fraction of sp³-hybridized carbons (Fsp3) is 0.0833. The molecule has 0 aliphatic rings. The molecule has 0 spiro atoms. The van der Waals surface area contributed by atoms with E-state index >= 15 is 0 Å². The summed E-state index contributed by atoms with van der Waals surface area (Å²) in [6, 6.07) is 8.60. The van der Waals surface area contributed by atoms with Crippen LogP contribution in [0.25, 0.3) is 0 Å². The number of benzene rings is 1. The Morgan fingerprint density at radius 2 is 2.05 bits per heavy atom. The molecule has 96 valence electrons. The van der Waals surface area contributed by atoms with Crippen LogP contribution in [0.3, 0.4) is 0 Å². The van der Waals surface area contributed by atoms with E-state index in [1.807, 2.05) is 6.26 Å². The number of hydrogen-bond donors (Lipinski definition) is 1. The highest BCUT2D eigenvalue weighted by Gasteiger charge is 2.06. The van der Waals surface area contributed by atoms with E-state index in [9.17, 15) is 0 Å². The van der Waals surface area contributed by atoms with E-state index in [1.54, 1.807) is 24.3 Å². The Balaban J connectivity index is 2.36. The average Bonchev–Trinajstić information content (AvgIpc) is 2.40. The second-order valence-electron chi connectivity index (χ2n) is 3.49. The molecule has 2 aromatic rings. The quantitative estimate of drug-likeness (QED) is 0.525. The molecule has 19 heavy (non-hydrogen) atoms. The average molecular weight is 311 g/mol. The molecule has 1 heterocycles. The minimum absolute atomic E-state index is 0.342. The van der Waals surface area contributed by atoms with Crippen LogP contribution in [0.1, 0.15) is 5.56 Å². The predicted octanol–water partition coefficient (Wildman–Crippen LogP) is 4.12. The topological polar surface area (TPSA) is 61.6 Å². The Morgan fingerprint density at radius 3 is 2.74 bits per heavy atom. The third kappa shape index (κ3) is 3.51. The smallest absolute Gasteiger partial charge is 0.190 e. The van der Waals surface area contributed by atoms with Crippen molar-refractivity contribution in [1.82, 2.24) is 9.97 Å². The molecular formula is C12H8Cl2N4S. The van der Waals surface area contributed by atoms with Gasteiger partial charge in [0.2, 0.25) is 0 Å². The van der Waals surface area contributed by atoms with Gasteiger partial charge in [-0.15, -0.1) is 0 Å². The molecule has 0 fully saturated rings. The van der Waals surface area contributed by atoms with Crippen LogP contribution in [0.15, 0.2) is 29.4 Å². The Kier molecular flexibility index (Phi) is 4.48. The summed E-state index contributed by atoms with van der Waals surface area (Å²) < 4.78 is 0. The van der Waals surface area contributed by atoms with Crippen LogP contribution in [-0.2, 0) is 0 Å². The molecule has 1 aromatic heterocycles. The van der Waals surface area contributed by atoms with Gasteiger partial charge in [-0.1, -0.05) is 35.0 Å². The van der Waals surface area contributed by atoms with Crippen LogP contribution in [0.2, 0.25) is 10.2 Å². The fourth-order valence-corrected chi connectivity index (χ4v) is 2.16. The van der Waals surface area contributed by atoms with Gasteiger partial charge in [0, 0.05) is 6.07 Å². The molecule has 2 rings (SSSR count). The van der Waals surface area contributed by atoms with E-state index in [-0.39, 0.29) is 0 Å². The summed E-state index contributed by atoms with van der Waals surface area (Å²) in [5.41, 5.74) is 1.11. The molecule has 7 heteroatoms. The lowest BCUT2D eigenvalue weighted by atomic mass is 10.2. The third-order valence-corrected chi connectivity index (χ3v) is 3.29. The number of thioether (sulfide) groups is 1. The van der Waals surface area contributed by atoms with Crippen LogP contribution >= 0.6 is 35.0 Å². The minimum Gasteiger partial charge on any atom is -0.339 e. The van der Waals surface area contributed by atoms with Gasteiger partial charge >= 0.3 is 0 Å². The van der Waals surface area contributed by atoms with Crippen molar-refractivity contribution in [3.8, 4) is 6.07 Å². The first kappa shape index (κ1) is 13.9. The van der Waals surface area contributed by atoms with Crippen molar-refractivity contribution >= 4 is 46.5 Å². The zero-order chi connectivity index (χ0) is 13.8. The fourth-order valence-electron chi connectivity index (χ4n) is 1.38. The van der Waals surface area contributed by atoms with E-state index in [0.29, 0.717) is 32.4 Å². The van der Waals surface area contributed by atoms with Crippen molar-refractivity contribution in [2.75, 3.05) is 11.6 Å². The van der Waals surface area contributed by atoms with E-state index in [2.05, 4.69) is 21.4 Å². The van der Waals surface area contributed by atoms with Crippen molar-refractivity contribution in [2.24, 2.45) is 0 Å². The van der Waals surface area contributed by atoms with Gasteiger partial charge < -0.3 is 5.32 Å². The molecule has 0 bridgehead atoms. The molecule has 0 aliphatic carbocycles. The molecule has 1 aromatic carbocycles. The molecule has 0 radical (unpaired) electrons. The molecule has 4 nitrogen and oxygen atoms in total. The second kappa shape index (κ2) is 6.11. The lowest BCUT2D eigenvalue weighted by molar-refractivity contribution is 0.976. The number of rotatable bonds is 3. The molecule has 0 saturated heterocycles. The summed E-state index contributed by atoms with van der Waals surface area (Å²) in [5, 5.41) is 13.3. The maximum atomic E-state index is 8.87. The number of nitrogens with zero attached hydrogens (tertiary/aromatic N) is 3. The minimum atomic E-state index is 0.342. The monoisotopic (exact) mass is 310 g/mol. The summed E-state index contributed by atoms with van der Waals surface area (Å²) in [6.07, 6.45) is 1.86. The van der Waals surface area contributed by atoms with Crippen LogP contribution in [-0.4, -0.2) is 16.2 Å². The first-order valence-corrected chi connectivity index (χ1v) is 7.15. The molecular weight excluding hydrogens is 303 g/mol. The predicted molar refractivity (Wildman–Crippen MR) is 78.3 cm³/mol.